The van der Waals surface area contributed by atoms with Crippen LogP contribution in [0, 0.1) is 6.92 Å². The molecule has 1 N–H and O–H groups in total. The number of allylic oxidation sites excluding steroid dienone is 8. The minimum Gasteiger partial charge on any atom is -0.508 e. The van der Waals surface area contributed by atoms with Gasteiger partial charge in [0.15, 0.2) is 0 Å². The van der Waals surface area contributed by atoms with E-state index in [0.29, 0.717) is 5.75 Å². The van der Waals surface area contributed by atoms with E-state index in [1.807, 2.05) is 19.1 Å². The summed E-state index contributed by atoms with van der Waals surface area (Å²) in [7, 11) is 0. The van der Waals surface area contributed by atoms with Crippen molar-refractivity contribution in [3.05, 3.63) is 77.9 Å². The Labute approximate surface area is 135 Å². The summed E-state index contributed by atoms with van der Waals surface area (Å²) in [6, 6.07) is 5.72. The van der Waals surface area contributed by atoms with Crippen molar-refractivity contribution in [2.45, 2.75) is 46.0 Å². The molecule has 0 saturated carbocycles. The van der Waals surface area contributed by atoms with Gasteiger partial charge in [0.05, 0.1) is 0 Å². The molecule has 0 radical (unpaired) electrons. The van der Waals surface area contributed by atoms with Crippen molar-refractivity contribution in [3.8, 4) is 5.75 Å². The van der Waals surface area contributed by atoms with Crippen LogP contribution in [0.3, 0.4) is 0 Å². The zero-order chi connectivity index (χ0) is 16.4. The molecule has 0 saturated heterocycles. The van der Waals surface area contributed by atoms with Gasteiger partial charge in [-0.25, -0.2) is 0 Å². The van der Waals surface area contributed by atoms with Gasteiger partial charge in [-0.1, -0.05) is 87.1 Å². The summed E-state index contributed by atoms with van der Waals surface area (Å²) in [6.45, 7) is 8.33. The van der Waals surface area contributed by atoms with Crippen LogP contribution in [-0.4, -0.2) is 5.11 Å². The maximum absolute atomic E-state index is 9.57. The summed E-state index contributed by atoms with van der Waals surface area (Å²) in [5.41, 5.74) is 2.23. The molecular weight excluding hydrogens is 268 g/mol. The van der Waals surface area contributed by atoms with E-state index < -0.39 is 0 Å². The van der Waals surface area contributed by atoms with Crippen LogP contribution in [0.5, 0.6) is 5.75 Å². The highest BCUT2D eigenvalue weighted by Gasteiger charge is 2.17. The molecule has 3 rings (SSSR count). The monoisotopic (exact) mass is 296 g/mol. The van der Waals surface area contributed by atoms with Crippen LogP contribution >= 0.6 is 0 Å². The van der Waals surface area contributed by atoms with E-state index in [1.54, 1.807) is 6.07 Å². The fourth-order valence-corrected chi connectivity index (χ4v) is 2.04. The second-order valence-electron chi connectivity index (χ2n) is 6.45. The summed E-state index contributed by atoms with van der Waals surface area (Å²) in [4.78, 5) is 0. The predicted octanol–water partition coefficient (Wildman–Crippen LogP) is 6.00. The quantitative estimate of drug-likeness (QED) is 0.622. The minimum atomic E-state index is 0.0239. The molecule has 1 aromatic carbocycles. The first-order chi connectivity index (χ1) is 10.4. The fraction of sp³-hybridized carbons (Fsp3) is 0.333. The first-order valence-electron chi connectivity index (χ1n) is 7.84. The first-order valence-corrected chi connectivity index (χ1v) is 7.84. The van der Waals surface area contributed by atoms with E-state index in [4.69, 9.17) is 0 Å². The molecule has 2 aliphatic rings. The third kappa shape index (κ3) is 7.12. The van der Waals surface area contributed by atoms with Crippen molar-refractivity contribution < 1.29 is 5.11 Å². The lowest BCUT2D eigenvalue weighted by molar-refractivity contribution is 0.446. The second kappa shape index (κ2) is 9.09. The lowest BCUT2D eigenvalue weighted by Crippen LogP contribution is -2.11. The van der Waals surface area contributed by atoms with E-state index >= 15 is 0 Å². The average Bonchev–Trinajstić information content (AvgIpc) is 3.18. The van der Waals surface area contributed by atoms with Crippen molar-refractivity contribution >= 4 is 0 Å². The van der Waals surface area contributed by atoms with Gasteiger partial charge in [-0.3, -0.25) is 0 Å². The van der Waals surface area contributed by atoms with Crippen LogP contribution in [0.2, 0.25) is 0 Å². The number of hydrogen-bond acceptors (Lipinski definition) is 1. The summed E-state index contributed by atoms with van der Waals surface area (Å²) < 4.78 is 0. The molecule has 0 bridgehead atoms. The number of rotatable bonds is 0. The lowest BCUT2D eigenvalue weighted by Gasteiger charge is -2.20. The maximum Gasteiger partial charge on any atom is 0.119 e. The Bertz CT molecular complexity index is 524. The van der Waals surface area contributed by atoms with Crippen LogP contribution in [0.1, 0.15) is 44.7 Å². The van der Waals surface area contributed by atoms with E-state index in [2.05, 4.69) is 69.4 Å². The molecule has 0 aromatic heterocycles. The molecule has 22 heavy (non-hydrogen) atoms. The maximum atomic E-state index is 9.57. The number of benzene rings is 1. The largest absolute Gasteiger partial charge is 0.508 e. The summed E-state index contributed by atoms with van der Waals surface area (Å²) in [5, 5.41) is 9.57. The normalized spacial score (nSPS) is 14.4. The molecule has 0 atom stereocenters. The lowest BCUT2D eigenvalue weighted by atomic mass is 9.85. The van der Waals surface area contributed by atoms with Crippen molar-refractivity contribution in [1.82, 2.24) is 0 Å². The molecule has 1 nitrogen and oxygen atoms in total. The molecule has 118 valence electrons. The van der Waals surface area contributed by atoms with Gasteiger partial charge in [0.2, 0.25) is 0 Å². The minimum absolute atomic E-state index is 0.0239. The zero-order valence-corrected chi connectivity index (χ0v) is 14.2. The third-order valence-electron chi connectivity index (χ3n) is 3.27. The van der Waals surface area contributed by atoms with Gasteiger partial charge < -0.3 is 5.11 Å². The van der Waals surface area contributed by atoms with E-state index in [0.717, 1.165) is 18.4 Å². The number of aryl methyl sites for hydroxylation is 1. The average molecular weight is 296 g/mol. The standard InChI is InChI=1S/C11H16O.2C5H6/c1-8-5-6-10(12)9(7-8)11(2,3)4;2*1-2-4-5-3-1/h5-7,12H,1-4H3;2*1-4H,5H2. The first kappa shape index (κ1) is 18.0. The predicted molar refractivity (Wildman–Crippen MR) is 97.3 cm³/mol. The highest BCUT2D eigenvalue weighted by Crippen LogP contribution is 2.30. The molecule has 0 unspecified atom stereocenters. The van der Waals surface area contributed by atoms with Crippen LogP contribution in [-0.2, 0) is 5.41 Å². The van der Waals surface area contributed by atoms with Crippen molar-refractivity contribution in [1.29, 1.82) is 0 Å². The van der Waals surface area contributed by atoms with Gasteiger partial charge in [0, 0.05) is 0 Å². The number of phenolic OH excluding ortho intramolecular Hbond substituents is 1. The molecule has 1 heteroatoms. The number of hydrogen-bond donors (Lipinski definition) is 1. The van der Waals surface area contributed by atoms with Gasteiger partial charge in [-0.2, -0.15) is 0 Å². The summed E-state index contributed by atoms with van der Waals surface area (Å²) in [6.07, 6.45) is 19.0. The number of phenols is 1. The van der Waals surface area contributed by atoms with Crippen LogP contribution in [0.25, 0.3) is 0 Å². The topological polar surface area (TPSA) is 20.2 Å². The highest BCUT2D eigenvalue weighted by molar-refractivity contribution is 5.40. The van der Waals surface area contributed by atoms with Gasteiger partial charge in [0.1, 0.15) is 5.75 Å². The van der Waals surface area contributed by atoms with Crippen LogP contribution < -0.4 is 0 Å². The Morgan fingerprint density at radius 3 is 1.55 bits per heavy atom. The Kier molecular flexibility index (Phi) is 7.45. The van der Waals surface area contributed by atoms with Crippen LogP contribution in [0.4, 0.5) is 0 Å². The van der Waals surface area contributed by atoms with Gasteiger partial charge >= 0.3 is 0 Å². The molecule has 1 aromatic rings. The van der Waals surface area contributed by atoms with Gasteiger partial charge in [-0.15, -0.1) is 0 Å². The Balaban J connectivity index is 0.000000197. The molecule has 0 aliphatic heterocycles. The Hall–Kier alpha value is -2.02. The highest BCUT2D eigenvalue weighted by atomic mass is 16.3. The SMILES string of the molecule is C1=CCC=C1.C1=CCC=C1.Cc1ccc(O)c(C(C)(C)C)c1. The van der Waals surface area contributed by atoms with E-state index in [9.17, 15) is 5.11 Å². The molecule has 0 fully saturated rings. The molecule has 2 aliphatic carbocycles. The third-order valence-corrected chi connectivity index (χ3v) is 3.27. The van der Waals surface area contributed by atoms with Crippen molar-refractivity contribution in [3.63, 3.8) is 0 Å². The molecule has 0 spiro atoms. The second-order valence-corrected chi connectivity index (χ2v) is 6.45. The van der Waals surface area contributed by atoms with Gasteiger partial charge in [0.25, 0.3) is 0 Å². The molecular formula is C21H28O. The zero-order valence-electron chi connectivity index (χ0n) is 14.2. The Morgan fingerprint density at radius 1 is 0.818 bits per heavy atom. The van der Waals surface area contributed by atoms with Gasteiger partial charge in [-0.05, 0) is 36.8 Å². The number of aromatic hydroxyl groups is 1. The van der Waals surface area contributed by atoms with E-state index in [1.165, 1.54) is 5.56 Å². The fourth-order valence-electron chi connectivity index (χ4n) is 2.04. The van der Waals surface area contributed by atoms with E-state index in [-0.39, 0.29) is 5.41 Å². The molecule has 0 amide bonds. The van der Waals surface area contributed by atoms with Crippen LogP contribution in [0.15, 0.2) is 66.8 Å². The summed E-state index contributed by atoms with van der Waals surface area (Å²) in [5.74, 6) is 0.396. The smallest absolute Gasteiger partial charge is 0.119 e. The molecule has 0 heterocycles. The summed E-state index contributed by atoms with van der Waals surface area (Å²) >= 11 is 0. The van der Waals surface area contributed by atoms with Crippen molar-refractivity contribution in [2.24, 2.45) is 0 Å². The van der Waals surface area contributed by atoms with Crippen molar-refractivity contribution in [2.75, 3.05) is 0 Å². The Morgan fingerprint density at radius 2 is 1.27 bits per heavy atom.